The molecule has 0 saturated heterocycles. The van der Waals surface area contributed by atoms with Crippen molar-refractivity contribution in [1.29, 1.82) is 0 Å². The maximum atomic E-state index is 13.6. The lowest BCUT2D eigenvalue weighted by molar-refractivity contribution is -0.126. The number of benzene rings is 2. The molecule has 134 valence electrons. The van der Waals surface area contributed by atoms with Gasteiger partial charge in [0.15, 0.2) is 0 Å². The molecule has 1 atom stereocenters. The average Bonchev–Trinajstić information content (AvgIpc) is 3.11. The fourth-order valence-electron chi connectivity index (χ4n) is 3.60. The molecule has 3 N–H and O–H groups in total. The first kappa shape index (κ1) is 19.4. The van der Waals surface area contributed by atoms with Crippen LogP contribution in [0.5, 0.6) is 0 Å². The van der Waals surface area contributed by atoms with Crippen LogP contribution < -0.4 is 11.1 Å². The van der Waals surface area contributed by atoms with E-state index in [-0.39, 0.29) is 30.2 Å². The molecule has 1 unspecified atom stereocenters. The molecule has 3 rings (SSSR count). The smallest absolute Gasteiger partial charge is 0.230 e. The number of nitrogens with one attached hydrogen (secondary N) is 1. The highest BCUT2D eigenvalue weighted by Crippen LogP contribution is 2.41. The first-order chi connectivity index (χ1) is 11.6. The quantitative estimate of drug-likeness (QED) is 0.848. The summed E-state index contributed by atoms with van der Waals surface area (Å²) in [6.07, 6.45) is 3.47. The molecule has 1 aliphatic rings. The highest BCUT2D eigenvalue weighted by atomic mass is 35.5. The minimum atomic E-state index is -0.626. The van der Waals surface area contributed by atoms with Crippen LogP contribution in [-0.2, 0) is 10.2 Å². The first-order valence-electron chi connectivity index (χ1n) is 8.47. The van der Waals surface area contributed by atoms with E-state index in [1.165, 1.54) is 12.1 Å². The van der Waals surface area contributed by atoms with Crippen LogP contribution >= 0.6 is 12.4 Å². The van der Waals surface area contributed by atoms with Gasteiger partial charge in [0.05, 0.1) is 5.41 Å². The van der Waals surface area contributed by atoms with Crippen molar-refractivity contribution in [2.75, 3.05) is 6.54 Å². The van der Waals surface area contributed by atoms with E-state index in [0.717, 1.165) is 36.8 Å². The Hall–Kier alpha value is -1.91. The van der Waals surface area contributed by atoms with Crippen molar-refractivity contribution in [1.82, 2.24) is 5.32 Å². The third kappa shape index (κ3) is 4.20. The van der Waals surface area contributed by atoms with Crippen LogP contribution in [0.4, 0.5) is 4.39 Å². The van der Waals surface area contributed by atoms with Crippen LogP contribution in [0.2, 0.25) is 0 Å². The van der Waals surface area contributed by atoms with Crippen LogP contribution in [-0.4, -0.2) is 12.5 Å². The Balaban J connectivity index is 0.00000225. The summed E-state index contributed by atoms with van der Waals surface area (Å²) in [6, 6.07) is 15.9. The molecule has 0 radical (unpaired) electrons. The minimum Gasteiger partial charge on any atom is -0.353 e. The number of carbonyl (C=O) groups excluding carboxylic acids is 1. The average molecular weight is 363 g/mol. The number of carbonyl (C=O) groups is 1. The van der Waals surface area contributed by atoms with Gasteiger partial charge in [-0.2, -0.15) is 0 Å². The van der Waals surface area contributed by atoms with E-state index in [2.05, 4.69) is 5.32 Å². The Morgan fingerprint density at radius 2 is 1.80 bits per heavy atom. The number of hydrogen-bond acceptors (Lipinski definition) is 2. The number of nitrogens with two attached hydrogens (primary N) is 1. The van der Waals surface area contributed by atoms with E-state index in [0.29, 0.717) is 6.54 Å². The topological polar surface area (TPSA) is 55.1 Å². The van der Waals surface area contributed by atoms with Crippen LogP contribution in [0.15, 0.2) is 54.6 Å². The summed E-state index contributed by atoms with van der Waals surface area (Å²) in [5.41, 5.74) is 7.31. The summed E-state index contributed by atoms with van der Waals surface area (Å²) < 4.78 is 13.6. The van der Waals surface area contributed by atoms with Crippen LogP contribution in [0, 0.1) is 5.82 Å². The normalized spacial score (nSPS) is 16.7. The standard InChI is InChI=1S/C20H23FN2O.ClH/c21-17-10-6-9-16(13-17)20(11-4-5-12-20)19(24)23-14-18(22)15-7-2-1-3-8-15;/h1-3,6-10,13,18H,4-5,11-12,14,22H2,(H,23,24);1H. The van der Waals surface area contributed by atoms with Gasteiger partial charge in [-0.3, -0.25) is 4.79 Å². The molecule has 1 fully saturated rings. The predicted molar refractivity (Wildman–Crippen MR) is 100 cm³/mol. The highest BCUT2D eigenvalue weighted by molar-refractivity contribution is 5.88. The number of hydrogen-bond donors (Lipinski definition) is 2. The zero-order chi connectivity index (χ0) is 17.0. The Bertz CT molecular complexity index is 702. The third-order valence-electron chi connectivity index (χ3n) is 4.98. The van der Waals surface area contributed by atoms with Crippen molar-refractivity contribution >= 4 is 18.3 Å². The summed E-state index contributed by atoms with van der Waals surface area (Å²) in [6.45, 7) is 0.375. The monoisotopic (exact) mass is 362 g/mol. The van der Waals surface area contributed by atoms with Crippen LogP contribution in [0.1, 0.15) is 42.9 Å². The van der Waals surface area contributed by atoms with E-state index < -0.39 is 5.41 Å². The molecule has 3 nitrogen and oxygen atoms in total. The second kappa shape index (κ2) is 8.45. The van der Waals surface area contributed by atoms with Gasteiger partial charge >= 0.3 is 0 Å². The molecule has 5 heteroatoms. The van der Waals surface area contributed by atoms with E-state index in [9.17, 15) is 9.18 Å². The highest BCUT2D eigenvalue weighted by Gasteiger charge is 2.42. The fraction of sp³-hybridized carbons (Fsp3) is 0.350. The Kier molecular flexibility index (Phi) is 6.57. The maximum Gasteiger partial charge on any atom is 0.230 e. The molecule has 0 spiro atoms. The van der Waals surface area contributed by atoms with Crippen molar-refractivity contribution in [3.05, 3.63) is 71.5 Å². The zero-order valence-electron chi connectivity index (χ0n) is 14.1. The van der Waals surface area contributed by atoms with E-state index in [4.69, 9.17) is 5.73 Å². The largest absolute Gasteiger partial charge is 0.353 e. The zero-order valence-corrected chi connectivity index (χ0v) is 14.9. The molecular weight excluding hydrogens is 339 g/mol. The molecule has 2 aromatic rings. The van der Waals surface area contributed by atoms with Gasteiger partial charge in [-0.1, -0.05) is 55.3 Å². The molecule has 1 aliphatic carbocycles. The molecule has 1 saturated carbocycles. The molecule has 0 bridgehead atoms. The summed E-state index contributed by atoms with van der Waals surface area (Å²) in [4.78, 5) is 12.9. The van der Waals surface area contributed by atoms with Crippen molar-refractivity contribution in [3.63, 3.8) is 0 Å². The summed E-state index contributed by atoms with van der Waals surface area (Å²) >= 11 is 0. The third-order valence-corrected chi connectivity index (χ3v) is 4.98. The van der Waals surface area contributed by atoms with Gasteiger partial charge in [-0.25, -0.2) is 4.39 Å². The lowest BCUT2D eigenvalue weighted by Crippen LogP contribution is -2.45. The van der Waals surface area contributed by atoms with E-state index in [1.54, 1.807) is 6.07 Å². The number of rotatable bonds is 5. The van der Waals surface area contributed by atoms with Gasteiger partial charge in [-0.15, -0.1) is 12.4 Å². The lowest BCUT2D eigenvalue weighted by Gasteiger charge is -2.29. The van der Waals surface area contributed by atoms with Crippen LogP contribution in [0.3, 0.4) is 0 Å². The van der Waals surface area contributed by atoms with Crippen LogP contribution in [0.25, 0.3) is 0 Å². The van der Waals surface area contributed by atoms with Crippen molar-refractivity contribution in [2.24, 2.45) is 5.73 Å². The van der Waals surface area contributed by atoms with E-state index in [1.807, 2.05) is 36.4 Å². The van der Waals surface area contributed by atoms with Gasteiger partial charge in [0.1, 0.15) is 5.82 Å². The van der Waals surface area contributed by atoms with Gasteiger partial charge in [0.25, 0.3) is 0 Å². The molecule has 1 amide bonds. The molecule has 25 heavy (non-hydrogen) atoms. The molecular formula is C20H24ClFN2O. The Morgan fingerprint density at radius 3 is 2.44 bits per heavy atom. The first-order valence-corrected chi connectivity index (χ1v) is 8.47. The second-order valence-electron chi connectivity index (χ2n) is 6.53. The summed E-state index contributed by atoms with van der Waals surface area (Å²) in [5, 5.41) is 3.00. The SMILES string of the molecule is Cl.NC(CNC(=O)C1(c2cccc(F)c2)CCCC1)c1ccccc1. The number of halogens is 2. The predicted octanol–water partition coefficient (Wildman–Crippen LogP) is 3.88. The Morgan fingerprint density at radius 1 is 1.12 bits per heavy atom. The summed E-state index contributed by atoms with van der Waals surface area (Å²) in [5.74, 6) is -0.343. The lowest BCUT2D eigenvalue weighted by atomic mass is 9.78. The molecule has 0 heterocycles. The van der Waals surface area contributed by atoms with Crippen molar-refractivity contribution in [3.8, 4) is 0 Å². The number of amides is 1. The van der Waals surface area contributed by atoms with Crippen molar-refractivity contribution < 1.29 is 9.18 Å². The molecule has 0 aromatic heterocycles. The van der Waals surface area contributed by atoms with Gasteiger partial charge in [0.2, 0.25) is 5.91 Å². The Labute approximate surface area is 154 Å². The summed E-state index contributed by atoms with van der Waals surface area (Å²) in [7, 11) is 0. The maximum absolute atomic E-state index is 13.6. The van der Waals surface area contributed by atoms with Gasteiger partial charge in [0, 0.05) is 12.6 Å². The minimum absolute atomic E-state index is 0. The van der Waals surface area contributed by atoms with Gasteiger partial charge < -0.3 is 11.1 Å². The van der Waals surface area contributed by atoms with Crippen molar-refractivity contribution in [2.45, 2.75) is 37.1 Å². The van der Waals surface area contributed by atoms with E-state index >= 15 is 0 Å². The van der Waals surface area contributed by atoms with Gasteiger partial charge in [-0.05, 0) is 36.1 Å². The second-order valence-corrected chi connectivity index (χ2v) is 6.53. The molecule has 0 aliphatic heterocycles. The fourth-order valence-corrected chi connectivity index (χ4v) is 3.60. The molecule has 2 aromatic carbocycles.